The number of nitrogens with zero attached hydrogens (tertiary/aromatic N) is 8. The van der Waals surface area contributed by atoms with Gasteiger partial charge in [-0.2, -0.15) is 0 Å². The maximum absolute atomic E-state index is 5.66. The highest BCUT2D eigenvalue weighted by Crippen LogP contribution is 2.41. The zero-order valence-electron chi connectivity index (χ0n) is 13.1. The molecular formula is H16N16O12+8. The van der Waals surface area contributed by atoms with Gasteiger partial charge in [-0.25, -0.2) is 0 Å². The van der Waals surface area contributed by atoms with E-state index < -0.39 is 40.7 Å². The molecule has 28 heavy (non-hydrogen) atoms. The van der Waals surface area contributed by atoms with E-state index in [-0.39, 0.29) is 0 Å². The van der Waals surface area contributed by atoms with E-state index in [2.05, 4.69) is 0 Å². The number of rotatable bonds is 0. The maximum Gasteiger partial charge on any atom is 0.360 e. The Labute approximate surface area is 148 Å². The second-order valence-corrected chi connectivity index (χ2v) is 5.30. The third-order valence-corrected chi connectivity index (χ3v) is 2.73. The largest absolute Gasteiger partial charge is 0.360 e. The van der Waals surface area contributed by atoms with E-state index in [4.69, 9.17) is 106 Å². The van der Waals surface area contributed by atoms with Crippen molar-refractivity contribution in [1.29, 1.82) is 0 Å². The van der Waals surface area contributed by atoms with Gasteiger partial charge in [-0.3, -0.25) is 0 Å². The van der Waals surface area contributed by atoms with Crippen molar-refractivity contribution in [3.8, 4) is 0 Å². The first-order valence-corrected chi connectivity index (χ1v) is 6.45. The van der Waals surface area contributed by atoms with Gasteiger partial charge < -0.3 is 0 Å². The zero-order valence-corrected chi connectivity index (χ0v) is 13.1. The van der Waals surface area contributed by atoms with Gasteiger partial charge in [-0.05, 0) is 0 Å². The van der Waals surface area contributed by atoms with Crippen molar-refractivity contribution in [2.24, 2.45) is 46.7 Å². The lowest BCUT2D eigenvalue weighted by Gasteiger charge is -2.38. The molecule has 0 aromatic heterocycles. The zero-order chi connectivity index (χ0) is 20.5. The molecule has 28 heteroatoms. The third-order valence-electron chi connectivity index (χ3n) is 2.73. The van der Waals surface area contributed by atoms with Crippen LogP contribution in [0.15, 0.2) is 0 Å². The molecule has 0 amide bonds. The molecule has 6 fully saturated rings. The second-order valence-electron chi connectivity index (χ2n) is 5.30. The maximum atomic E-state index is 5.66. The van der Waals surface area contributed by atoms with Gasteiger partial charge in [0.05, 0.1) is 0 Å². The van der Waals surface area contributed by atoms with Crippen molar-refractivity contribution in [3.05, 3.63) is 0 Å². The first kappa shape index (κ1) is 18.9. The summed E-state index contributed by atoms with van der Waals surface area (Å²) in [4.78, 5) is 58.8. The summed E-state index contributed by atoms with van der Waals surface area (Å²) >= 11 is 0. The van der Waals surface area contributed by atoms with Gasteiger partial charge in [0.15, 0.2) is 0 Å². The molecule has 8 bridgehead atoms. The van der Waals surface area contributed by atoms with Crippen LogP contribution in [0.3, 0.4) is 0 Å². The quantitative estimate of drug-likeness (QED) is 0.130. The lowest BCUT2D eigenvalue weighted by Crippen LogP contribution is -2.94. The van der Waals surface area contributed by atoms with Crippen molar-refractivity contribution < 1.29 is 99.9 Å². The summed E-state index contributed by atoms with van der Waals surface area (Å²) in [6.45, 7) is 0. The fourth-order valence-electron chi connectivity index (χ4n) is 2.26. The van der Waals surface area contributed by atoms with Crippen molar-refractivity contribution in [2.45, 2.75) is 0 Å². The Morgan fingerprint density at radius 2 is 0.286 bits per heavy atom. The highest BCUT2D eigenvalue weighted by molar-refractivity contribution is 3.54. The standard InChI is InChI=1S/H16N16O12/c1-9-17-10(2)20-13(5)22-11(3,18-9)24-15(7)25-12(4,19-9)23-14(6,21-10)27-16(8,26-13)28-15/h1-8H2/q+8. The summed E-state index contributed by atoms with van der Waals surface area (Å²) in [5.41, 5.74) is 0. The van der Waals surface area contributed by atoms with Gasteiger partial charge in [-0.15, -0.1) is 0 Å². The average molecular weight is 432 g/mol. The predicted molar refractivity (Wildman–Crippen MR) is 48.6 cm³/mol. The Balaban J connectivity index is 1.79. The topological polar surface area (TPSA) is 319 Å². The highest BCUT2D eigenvalue weighted by atomic mass is 17.8. The minimum Gasteiger partial charge on any atom is -0.0617 e. The molecule has 0 saturated carbocycles. The highest BCUT2D eigenvalue weighted by Gasteiger charge is 2.93. The van der Waals surface area contributed by atoms with E-state index in [9.17, 15) is 0 Å². The molecule has 6 heterocycles. The molecule has 0 aromatic rings. The van der Waals surface area contributed by atoms with Gasteiger partial charge in [-0.1, -0.05) is 46.7 Å². The molecule has 160 valence electrons. The fraction of sp³-hybridized carbons (Fsp3) is 0. The van der Waals surface area contributed by atoms with Crippen LogP contribution >= 0.6 is 0 Å². The molecule has 0 radical (unpaired) electrons. The van der Waals surface area contributed by atoms with Crippen molar-refractivity contribution in [1.82, 2.24) is 0 Å². The van der Waals surface area contributed by atoms with Crippen LogP contribution in [0.5, 0.6) is 0 Å². The first-order chi connectivity index (χ1) is 12.5. The summed E-state index contributed by atoms with van der Waals surface area (Å²) in [7, 11) is 0. The Morgan fingerprint density at radius 3 is 0.357 bits per heavy atom. The molecule has 6 aliphatic heterocycles. The SMILES string of the molecule is N[N+]12O[N+]3(N)O[N+]4(N)O[N+](N)(O1)O[N+]1(N)O[N+](N)(O2)O[N+](N)(O3)O[N+](N)(O4)O1. The smallest absolute Gasteiger partial charge is 0.0617 e. The lowest BCUT2D eigenvalue weighted by atomic mass is 12.0. The molecule has 0 aliphatic carbocycles. The molecule has 16 N–H and O–H groups in total. The molecule has 0 spiro atoms. The number of nitrogens with two attached hydrogens (primary N) is 8. The van der Waals surface area contributed by atoms with Gasteiger partial charge in [0.2, 0.25) is 59.3 Å². The molecular weight excluding hydrogens is 416 g/mol. The van der Waals surface area contributed by atoms with Crippen LogP contribution in [0.1, 0.15) is 0 Å². The number of hydrogen-bond donors (Lipinski definition) is 8. The normalized spacial score (nSPS) is 66.0. The number of hydrogen-bond acceptors (Lipinski definition) is 20. The Bertz CT molecular complexity index is 473. The van der Waals surface area contributed by atoms with Crippen LogP contribution in [-0.2, 0) is 59.3 Å². The van der Waals surface area contributed by atoms with Gasteiger partial charge in [0.1, 0.15) is 0 Å². The van der Waals surface area contributed by atoms with E-state index in [1.807, 2.05) is 0 Å². The van der Waals surface area contributed by atoms with Gasteiger partial charge >= 0.3 is 40.7 Å². The van der Waals surface area contributed by atoms with Gasteiger partial charge in [0.25, 0.3) is 0 Å². The molecule has 6 aliphatic rings. The van der Waals surface area contributed by atoms with Crippen LogP contribution < -0.4 is 46.7 Å². The van der Waals surface area contributed by atoms with Crippen LogP contribution in [0.25, 0.3) is 0 Å². The lowest BCUT2D eigenvalue weighted by molar-refractivity contribution is -1.95. The average Bonchev–Trinajstić information content (AvgIpc) is 2.22. The van der Waals surface area contributed by atoms with Crippen molar-refractivity contribution in [3.63, 3.8) is 0 Å². The minimum absolute atomic E-state index is 2.26. The van der Waals surface area contributed by atoms with Gasteiger partial charge in [0, 0.05) is 0 Å². The second kappa shape index (κ2) is 4.62. The molecule has 0 unspecified atom stereocenters. The van der Waals surface area contributed by atoms with Crippen molar-refractivity contribution >= 4 is 0 Å². The van der Waals surface area contributed by atoms with E-state index in [0.717, 1.165) is 0 Å². The summed E-state index contributed by atoms with van der Waals surface area (Å²) in [5, 5.41) is -18.1. The Hall–Kier alpha value is -1.12. The van der Waals surface area contributed by atoms with E-state index in [0.29, 0.717) is 0 Å². The predicted octanol–water partition coefficient (Wildman–Crippen LogP) is -8.26. The van der Waals surface area contributed by atoms with Crippen molar-refractivity contribution in [2.75, 3.05) is 0 Å². The molecule has 28 nitrogen and oxygen atoms in total. The van der Waals surface area contributed by atoms with E-state index in [1.54, 1.807) is 0 Å². The van der Waals surface area contributed by atoms with Crippen LogP contribution in [0.2, 0.25) is 0 Å². The summed E-state index contributed by atoms with van der Waals surface area (Å²) in [5.74, 6) is 45.3. The van der Waals surface area contributed by atoms with E-state index >= 15 is 0 Å². The minimum atomic E-state index is -2.26. The van der Waals surface area contributed by atoms with E-state index in [1.165, 1.54) is 0 Å². The van der Waals surface area contributed by atoms with Crippen LogP contribution in [0.4, 0.5) is 0 Å². The summed E-state index contributed by atoms with van der Waals surface area (Å²) < 4.78 is 0. The Kier molecular flexibility index (Phi) is 3.12. The third kappa shape index (κ3) is 2.82. The summed E-state index contributed by atoms with van der Waals surface area (Å²) in [6, 6.07) is 0. The monoisotopic (exact) mass is 432 g/mol. The molecule has 6 rings (SSSR count). The van der Waals surface area contributed by atoms with Crippen LogP contribution in [0, 0.1) is 0 Å². The molecule has 6 saturated heterocycles. The molecule has 0 atom stereocenters. The Morgan fingerprint density at radius 1 is 0.214 bits per heavy atom. The summed E-state index contributed by atoms with van der Waals surface area (Å²) in [6.07, 6.45) is 0. The number of quaternary nitrogens is 8. The first-order valence-electron chi connectivity index (χ1n) is 6.45. The fourth-order valence-corrected chi connectivity index (χ4v) is 2.26. The van der Waals surface area contributed by atoms with Crippen LogP contribution in [-0.4, -0.2) is 40.7 Å². The molecule has 0 aromatic carbocycles.